The van der Waals surface area contributed by atoms with Crippen LogP contribution in [-0.2, 0) is 4.79 Å². The van der Waals surface area contributed by atoms with Crippen LogP contribution in [0.1, 0.15) is 45.4 Å². The Morgan fingerprint density at radius 2 is 1.94 bits per heavy atom. The van der Waals surface area contributed by atoms with Crippen molar-refractivity contribution in [2.45, 2.75) is 51.5 Å². The smallest absolute Gasteiger partial charge is 0.233 e. The summed E-state index contributed by atoms with van der Waals surface area (Å²) in [6, 6.07) is 0.580. The van der Waals surface area contributed by atoms with E-state index in [0.29, 0.717) is 12.6 Å². The molecule has 2 atom stereocenters. The van der Waals surface area contributed by atoms with Crippen LogP contribution < -0.4 is 10.6 Å². The zero-order valence-electron chi connectivity index (χ0n) is 10.3. The van der Waals surface area contributed by atoms with Gasteiger partial charge in [0, 0.05) is 12.6 Å². The van der Waals surface area contributed by atoms with E-state index in [4.69, 9.17) is 0 Å². The Balaban J connectivity index is 1.54. The van der Waals surface area contributed by atoms with E-state index in [1.807, 2.05) is 0 Å². The normalized spacial score (nSPS) is 29.3. The lowest BCUT2D eigenvalue weighted by Crippen LogP contribution is -2.38. The highest BCUT2D eigenvalue weighted by Gasteiger charge is 2.24. The van der Waals surface area contributed by atoms with E-state index in [2.05, 4.69) is 17.6 Å². The van der Waals surface area contributed by atoms with Gasteiger partial charge in [-0.3, -0.25) is 4.79 Å². The van der Waals surface area contributed by atoms with Crippen LogP contribution in [0.4, 0.5) is 0 Å². The first-order valence-electron chi connectivity index (χ1n) is 6.78. The molecular weight excluding hydrogens is 200 g/mol. The van der Waals surface area contributed by atoms with Gasteiger partial charge < -0.3 is 10.6 Å². The summed E-state index contributed by atoms with van der Waals surface area (Å²) in [4.78, 5) is 11.5. The number of rotatable bonds is 6. The summed E-state index contributed by atoms with van der Waals surface area (Å²) in [6.45, 7) is 3.66. The monoisotopic (exact) mass is 224 g/mol. The van der Waals surface area contributed by atoms with E-state index >= 15 is 0 Å². The van der Waals surface area contributed by atoms with E-state index in [0.717, 1.165) is 18.4 Å². The van der Waals surface area contributed by atoms with E-state index in [9.17, 15) is 4.79 Å². The molecule has 2 aliphatic carbocycles. The number of amides is 1. The van der Waals surface area contributed by atoms with E-state index < -0.39 is 0 Å². The Morgan fingerprint density at radius 1 is 1.19 bits per heavy atom. The molecule has 92 valence electrons. The van der Waals surface area contributed by atoms with Crippen LogP contribution in [0, 0.1) is 11.8 Å². The summed E-state index contributed by atoms with van der Waals surface area (Å²) in [5, 5.41) is 6.37. The van der Waals surface area contributed by atoms with Crippen LogP contribution in [-0.4, -0.2) is 25.0 Å². The summed E-state index contributed by atoms with van der Waals surface area (Å²) in [6.07, 6.45) is 7.72. The van der Waals surface area contributed by atoms with Gasteiger partial charge in [-0.2, -0.15) is 0 Å². The Hall–Kier alpha value is -0.570. The average molecular weight is 224 g/mol. The number of hydrogen-bond acceptors (Lipinski definition) is 2. The molecule has 0 spiro atoms. The van der Waals surface area contributed by atoms with Gasteiger partial charge >= 0.3 is 0 Å². The molecule has 2 fully saturated rings. The molecule has 0 aromatic heterocycles. The Labute approximate surface area is 98.4 Å². The zero-order chi connectivity index (χ0) is 11.4. The molecule has 16 heavy (non-hydrogen) atoms. The molecule has 3 nitrogen and oxygen atoms in total. The van der Waals surface area contributed by atoms with E-state index in [1.165, 1.54) is 38.5 Å². The number of carbonyl (C=O) groups is 1. The van der Waals surface area contributed by atoms with Crippen molar-refractivity contribution in [1.29, 1.82) is 0 Å². The summed E-state index contributed by atoms with van der Waals surface area (Å²) in [5.41, 5.74) is 0. The molecule has 0 aliphatic heterocycles. The molecular formula is C13H24N2O. The van der Waals surface area contributed by atoms with Crippen molar-refractivity contribution in [3.63, 3.8) is 0 Å². The third kappa shape index (κ3) is 3.78. The highest BCUT2D eigenvalue weighted by Crippen LogP contribution is 2.28. The highest BCUT2D eigenvalue weighted by atomic mass is 16.1. The first-order valence-corrected chi connectivity index (χ1v) is 6.78. The minimum Gasteiger partial charge on any atom is -0.355 e. The second-order valence-electron chi connectivity index (χ2n) is 5.41. The van der Waals surface area contributed by atoms with Gasteiger partial charge in [0.25, 0.3) is 0 Å². The maximum Gasteiger partial charge on any atom is 0.233 e. The van der Waals surface area contributed by atoms with Crippen LogP contribution in [0.2, 0.25) is 0 Å². The molecule has 2 rings (SSSR count). The topological polar surface area (TPSA) is 41.1 Å². The molecule has 2 N–H and O–H groups in total. The maximum absolute atomic E-state index is 11.5. The fourth-order valence-electron chi connectivity index (χ4n) is 2.51. The largest absolute Gasteiger partial charge is 0.355 e. The summed E-state index contributed by atoms with van der Waals surface area (Å²) in [5.74, 6) is 1.83. The van der Waals surface area contributed by atoms with Gasteiger partial charge in [0.15, 0.2) is 0 Å². The number of carbonyl (C=O) groups excluding carboxylic acids is 1. The summed E-state index contributed by atoms with van der Waals surface area (Å²) >= 11 is 0. The van der Waals surface area contributed by atoms with Crippen molar-refractivity contribution in [1.82, 2.24) is 10.6 Å². The van der Waals surface area contributed by atoms with Gasteiger partial charge in [0.1, 0.15) is 0 Å². The van der Waals surface area contributed by atoms with Crippen molar-refractivity contribution < 1.29 is 4.79 Å². The number of hydrogen-bond donors (Lipinski definition) is 2. The minimum absolute atomic E-state index is 0.173. The molecule has 2 saturated carbocycles. The van der Waals surface area contributed by atoms with Crippen molar-refractivity contribution in [3.8, 4) is 0 Å². The average Bonchev–Trinajstić information content (AvgIpc) is 3.01. The van der Waals surface area contributed by atoms with Crippen molar-refractivity contribution in [3.05, 3.63) is 0 Å². The fraction of sp³-hybridized carbons (Fsp3) is 0.923. The molecule has 0 aromatic rings. The molecule has 1 amide bonds. The lowest BCUT2D eigenvalue weighted by atomic mass is 10.1. The molecule has 0 aromatic carbocycles. The van der Waals surface area contributed by atoms with Gasteiger partial charge in [0.2, 0.25) is 5.91 Å². The third-order valence-electron chi connectivity index (χ3n) is 3.95. The van der Waals surface area contributed by atoms with Crippen LogP contribution in [0.15, 0.2) is 0 Å². The molecule has 0 saturated heterocycles. The van der Waals surface area contributed by atoms with Crippen molar-refractivity contribution in [2.75, 3.05) is 13.1 Å². The third-order valence-corrected chi connectivity index (χ3v) is 3.95. The zero-order valence-corrected chi connectivity index (χ0v) is 10.3. The molecule has 0 radical (unpaired) electrons. The van der Waals surface area contributed by atoms with Gasteiger partial charge in [0.05, 0.1) is 6.54 Å². The predicted octanol–water partition coefficient (Wildman–Crippen LogP) is 1.68. The first kappa shape index (κ1) is 11.9. The molecule has 2 unspecified atom stereocenters. The fourth-order valence-corrected chi connectivity index (χ4v) is 2.51. The van der Waals surface area contributed by atoms with Gasteiger partial charge in [-0.25, -0.2) is 0 Å². The van der Waals surface area contributed by atoms with E-state index in [-0.39, 0.29) is 5.91 Å². The highest BCUT2D eigenvalue weighted by molar-refractivity contribution is 5.78. The standard InChI is InChI=1S/C13H24N2O/c1-2-10-5-6-12(7-10)14-9-13(16)15-8-11-3-4-11/h10-12,14H,2-9H2,1H3,(H,15,16). The Kier molecular flexibility index (Phi) is 4.22. The predicted molar refractivity (Wildman–Crippen MR) is 65.2 cm³/mol. The maximum atomic E-state index is 11.5. The quantitative estimate of drug-likeness (QED) is 0.721. The van der Waals surface area contributed by atoms with Crippen LogP contribution in [0.25, 0.3) is 0 Å². The van der Waals surface area contributed by atoms with Gasteiger partial charge in [-0.15, -0.1) is 0 Å². The molecule has 0 heterocycles. The Morgan fingerprint density at radius 3 is 2.56 bits per heavy atom. The van der Waals surface area contributed by atoms with Crippen molar-refractivity contribution >= 4 is 5.91 Å². The van der Waals surface area contributed by atoms with Crippen LogP contribution >= 0.6 is 0 Å². The Bertz CT molecular complexity index is 238. The first-order chi connectivity index (χ1) is 7.78. The second-order valence-corrected chi connectivity index (χ2v) is 5.41. The summed E-state index contributed by atoms with van der Waals surface area (Å²) < 4.78 is 0. The lowest BCUT2D eigenvalue weighted by molar-refractivity contribution is -0.120. The molecule has 0 bridgehead atoms. The summed E-state index contributed by atoms with van der Waals surface area (Å²) in [7, 11) is 0. The van der Waals surface area contributed by atoms with Gasteiger partial charge in [-0.1, -0.05) is 13.3 Å². The van der Waals surface area contributed by atoms with Crippen LogP contribution in [0.5, 0.6) is 0 Å². The number of nitrogens with one attached hydrogen (secondary N) is 2. The second kappa shape index (κ2) is 5.67. The van der Waals surface area contributed by atoms with E-state index in [1.54, 1.807) is 0 Å². The lowest BCUT2D eigenvalue weighted by Gasteiger charge is -2.12. The van der Waals surface area contributed by atoms with Gasteiger partial charge in [-0.05, 0) is 43.9 Å². The van der Waals surface area contributed by atoms with Crippen molar-refractivity contribution in [2.24, 2.45) is 11.8 Å². The SMILES string of the molecule is CCC1CCC(NCC(=O)NCC2CC2)C1. The molecule has 2 aliphatic rings. The minimum atomic E-state index is 0.173. The van der Waals surface area contributed by atoms with Crippen LogP contribution in [0.3, 0.4) is 0 Å². The molecule has 3 heteroatoms.